The Morgan fingerprint density at radius 3 is 2.21 bits per heavy atom. The molecule has 208 valence electrons. The predicted molar refractivity (Wildman–Crippen MR) is 140 cm³/mol. The highest BCUT2D eigenvalue weighted by molar-refractivity contribution is 7.98. The van der Waals surface area contributed by atoms with Crippen LogP contribution in [-0.4, -0.2) is 91.3 Å². The van der Waals surface area contributed by atoms with Crippen molar-refractivity contribution in [3.63, 3.8) is 0 Å². The quantitative estimate of drug-likeness (QED) is 0.134. The van der Waals surface area contributed by atoms with Crippen LogP contribution in [0.4, 0.5) is 0 Å². The van der Waals surface area contributed by atoms with Crippen LogP contribution in [0.2, 0.25) is 0 Å². The molecule has 1 aromatic heterocycles. The highest BCUT2D eigenvalue weighted by Crippen LogP contribution is 2.12. The summed E-state index contributed by atoms with van der Waals surface area (Å²) in [5.74, 6) is -2.99. The molecule has 1 heterocycles. The fraction of sp³-hybridized carbons (Fsp3) is 0.458. The number of thioether (sulfide) groups is 1. The standard InChI is InChI=1S/C24H34N6O7S/c1-13(31)20(24(36)37)30-23(35)19(9-14-3-5-16(32)6-4-14)29-22(34)18(7-8-38-2)28-21(33)17(25)10-15-11-26-12-27-15/h3-6,11-13,17-20,31-32H,7-10,25H2,1-2H3,(H,26,27)(H,28,33)(H,29,34)(H,30,35)(H,36,37). The minimum absolute atomic E-state index is 0.00476. The van der Waals surface area contributed by atoms with Crippen molar-refractivity contribution < 1.29 is 34.5 Å². The van der Waals surface area contributed by atoms with Crippen molar-refractivity contribution in [1.82, 2.24) is 25.9 Å². The molecule has 1 aromatic carbocycles. The normalized spacial score (nSPS) is 14.9. The average molecular weight is 551 g/mol. The summed E-state index contributed by atoms with van der Waals surface area (Å²) in [5.41, 5.74) is 7.22. The summed E-state index contributed by atoms with van der Waals surface area (Å²) in [4.78, 5) is 57.3. The first-order valence-electron chi connectivity index (χ1n) is 11.8. The number of phenols is 1. The van der Waals surface area contributed by atoms with E-state index in [9.17, 15) is 34.5 Å². The van der Waals surface area contributed by atoms with E-state index in [0.29, 0.717) is 17.0 Å². The van der Waals surface area contributed by atoms with Gasteiger partial charge in [0, 0.05) is 24.7 Å². The summed E-state index contributed by atoms with van der Waals surface area (Å²) >= 11 is 1.46. The third-order valence-electron chi connectivity index (χ3n) is 5.63. The van der Waals surface area contributed by atoms with Crippen LogP contribution in [0.1, 0.15) is 24.6 Å². The largest absolute Gasteiger partial charge is 0.508 e. The molecule has 0 aliphatic rings. The van der Waals surface area contributed by atoms with Crippen molar-refractivity contribution in [2.24, 2.45) is 5.73 Å². The molecule has 0 saturated carbocycles. The lowest BCUT2D eigenvalue weighted by Crippen LogP contribution is -2.59. The summed E-state index contributed by atoms with van der Waals surface area (Å²) in [6.45, 7) is 1.22. The maximum absolute atomic E-state index is 13.3. The number of hydrogen-bond acceptors (Lipinski definition) is 9. The molecule has 0 fully saturated rings. The Balaban J connectivity index is 2.20. The van der Waals surface area contributed by atoms with E-state index in [1.54, 1.807) is 12.1 Å². The summed E-state index contributed by atoms with van der Waals surface area (Å²) in [7, 11) is 0. The Morgan fingerprint density at radius 1 is 1.03 bits per heavy atom. The number of carbonyl (C=O) groups is 4. The van der Waals surface area contributed by atoms with E-state index < -0.39 is 54.0 Å². The van der Waals surface area contributed by atoms with Crippen LogP contribution in [0.3, 0.4) is 0 Å². The Kier molecular flexibility index (Phi) is 12.0. The maximum Gasteiger partial charge on any atom is 0.328 e. The number of H-pyrrole nitrogens is 1. The van der Waals surface area contributed by atoms with Gasteiger partial charge in [0.05, 0.1) is 18.5 Å². The minimum atomic E-state index is -1.60. The van der Waals surface area contributed by atoms with Crippen LogP contribution in [0, 0.1) is 0 Å². The molecule has 0 aliphatic carbocycles. The van der Waals surface area contributed by atoms with Crippen LogP contribution in [0.25, 0.3) is 0 Å². The van der Waals surface area contributed by atoms with Crippen LogP contribution in [0.15, 0.2) is 36.8 Å². The van der Waals surface area contributed by atoms with Crippen molar-refractivity contribution in [2.45, 2.75) is 56.5 Å². The lowest BCUT2D eigenvalue weighted by atomic mass is 10.0. The molecule has 9 N–H and O–H groups in total. The molecule has 14 heteroatoms. The van der Waals surface area contributed by atoms with Gasteiger partial charge in [0.25, 0.3) is 0 Å². The van der Waals surface area contributed by atoms with Gasteiger partial charge in [0.15, 0.2) is 6.04 Å². The summed E-state index contributed by atoms with van der Waals surface area (Å²) in [6, 6.07) is 1.08. The third-order valence-corrected chi connectivity index (χ3v) is 6.27. The van der Waals surface area contributed by atoms with Gasteiger partial charge in [-0.1, -0.05) is 12.1 Å². The number of carboxylic acids is 1. The zero-order chi connectivity index (χ0) is 28.2. The fourth-order valence-electron chi connectivity index (χ4n) is 3.50. The number of aliphatic hydroxyl groups is 1. The van der Waals surface area contributed by atoms with E-state index in [1.165, 1.54) is 43.3 Å². The Hall–Kier alpha value is -3.62. The smallest absolute Gasteiger partial charge is 0.328 e. The van der Waals surface area contributed by atoms with Gasteiger partial charge < -0.3 is 42.0 Å². The van der Waals surface area contributed by atoms with E-state index in [1.807, 2.05) is 6.26 Å². The second kappa shape index (κ2) is 15.0. The van der Waals surface area contributed by atoms with Crippen molar-refractivity contribution in [1.29, 1.82) is 0 Å². The number of carbonyl (C=O) groups excluding carboxylic acids is 3. The zero-order valence-electron chi connectivity index (χ0n) is 21.1. The number of amides is 3. The van der Waals surface area contributed by atoms with E-state index in [2.05, 4.69) is 25.9 Å². The van der Waals surface area contributed by atoms with Crippen molar-refractivity contribution in [2.75, 3.05) is 12.0 Å². The number of phenolic OH excluding ortho intramolecular Hbond substituents is 1. The number of aromatic amines is 1. The van der Waals surface area contributed by atoms with E-state index >= 15 is 0 Å². The highest BCUT2D eigenvalue weighted by Gasteiger charge is 2.32. The molecule has 5 unspecified atom stereocenters. The number of aliphatic hydroxyl groups excluding tert-OH is 1. The van der Waals surface area contributed by atoms with Gasteiger partial charge in [-0.3, -0.25) is 14.4 Å². The molecular weight excluding hydrogens is 516 g/mol. The fourth-order valence-corrected chi connectivity index (χ4v) is 3.97. The Morgan fingerprint density at radius 2 is 1.66 bits per heavy atom. The van der Waals surface area contributed by atoms with E-state index in [4.69, 9.17) is 5.73 Å². The van der Waals surface area contributed by atoms with Gasteiger partial charge in [-0.05, 0) is 43.0 Å². The first kappa shape index (κ1) is 30.6. The van der Waals surface area contributed by atoms with Gasteiger partial charge >= 0.3 is 5.97 Å². The molecule has 3 amide bonds. The number of rotatable bonds is 15. The summed E-state index contributed by atoms with van der Waals surface area (Å²) in [5, 5.41) is 36.1. The maximum atomic E-state index is 13.3. The van der Waals surface area contributed by atoms with Crippen LogP contribution >= 0.6 is 11.8 Å². The Labute approximate surface area is 224 Å². The molecule has 0 aliphatic heterocycles. The number of aromatic nitrogens is 2. The molecule has 0 spiro atoms. The summed E-state index contributed by atoms with van der Waals surface area (Å²) in [6.07, 6.45) is 3.80. The first-order chi connectivity index (χ1) is 18.0. The number of aromatic hydroxyl groups is 1. The number of nitrogens with one attached hydrogen (secondary N) is 4. The third kappa shape index (κ3) is 9.68. The van der Waals surface area contributed by atoms with E-state index in [0.717, 1.165) is 0 Å². The number of aliphatic carboxylic acids is 1. The SMILES string of the molecule is CSCCC(NC(=O)C(N)Cc1cnc[nH]1)C(=O)NC(Cc1ccc(O)cc1)C(=O)NC(C(=O)O)C(C)O. The number of carboxylic acid groups (broad SMARTS) is 1. The lowest BCUT2D eigenvalue weighted by Gasteiger charge is -2.26. The number of imidazole rings is 1. The molecule has 5 atom stereocenters. The van der Waals surface area contributed by atoms with Gasteiger partial charge in [-0.2, -0.15) is 11.8 Å². The minimum Gasteiger partial charge on any atom is -0.508 e. The Bertz CT molecular complexity index is 1060. The molecule has 0 bridgehead atoms. The van der Waals surface area contributed by atoms with Crippen LogP contribution in [-0.2, 0) is 32.0 Å². The highest BCUT2D eigenvalue weighted by atomic mass is 32.2. The number of nitrogens with zero attached hydrogens (tertiary/aromatic N) is 1. The second-order valence-corrected chi connectivity index (χ2v) is 9.71. The molecule has 38 heavy (non-hydrogen) atoms. The van der Waals surface area contributed by atoms with Gasteiger partial charge in [-0.25, -0.2) is 9.78 Å². The van der Waals surface area contributed by atoms with Crippen molar-refractivity contribution in [3.8, 4) is 5.75 Å². The first-order valence-corrected chi connectivity index (χ1v) is 13.2. The van der Waals surface area contributed by atoms with Crippen molar-refractivity contribution >= 4 is 35.5 Å². The lowest BCUT2D eigenvalue weighted by molar-refractivity contribution is -0.145. The molecule has 2 rings (SSSR count). The molecular formula is C24H34N6O7S. The van der Waals surface area contributed by atoms with Gasteiger partial charge in [0.2, 0.25) is 17.7 Å². The monoisotopic (exact) mass is 550 g/mol. The van der Waals surface area contributed by atoms with Gasteiger partial charge in [0.1, 0.15) is 17.8 Å². The van der Waals surface area contributed by atoms with Crippen molar-refractivity contribution in [3.05, 3.63) is 48.0 Å². The summed E-state index contributed by atoms with van der Waals surface area (Å²) < 4.78 is 0. The number of nitrogens with two attached hydrogens (primary N) is 1. The van der Waals surface area contributed by atoms with E-state index in [-0.39, 0.29) is 25.0 Å². The molecule has 0 saturated heterocycles. The number of hydrogen-bond donors (Lipinski definition) is 8. The molecule has 13 nitrogen and oxygen atoms in total. The van der Waals surface area contributed by atoms with Gasteiger partial charge in [-0.15, -0.1) is 0 Å². The zero-order valence-corrected chi connectivity index (χ0v) is 21.9. The van der Waals surface area contributed by atoms with Crippen LogP contribution < -0.4 is 21.7 Å². The number of benzene rings is 1. The van der Waals surface area contributed by atoms with Crippen LogP contribution in [0.5, 0.6) is 5.75 Å². The second-order valence-electron chi connectivity index (χ2n) is 8.73. The predicted octanol–water partition coefficient (Wildman–Crippen LogP) is -1.10. The topological polar surface area (TPSA) is 220 Å². The molecule has 2 aromatic rings. The average Bonchev–Trinajstić information content (AvgIpc) is 3.38. The molecule has 0 radical (unpaired) electrons.